The number of hydrogen-bond donors (Lipinski definition) is 3. The number of nitro benzene ring substituents is 1. The Hall–Kier alpha value is -1.76. The third-order valence-electron chi connectivity index (χ3n) is 2.38. The molecule has 0 bridgehead atoms. The molecule has 0 radical (unpaired) electrons. The van der Waals surface area contributed by atoms with Crippen LogP contribution in [0.2, 0.25) is 0 Å². The monoisotopic (exact) mass is 338 g/mol. The predicted molar refractivity (Wildman–Crippen MR) is 75.8 cm³/mol. The van der Waals surface area contributed by atoms with Gasteiger partial charge in [-0.05, 0) is 12.1 Å². The zero-order valence-electron chi connectivity index (χ0n) is 10.9. The van der Waals surface area contributed by atoms with Crippen LogP contribution in [0, 0.1) is 10.1 Å². The summed E-state index contributed by atoms with van der Waals surface area (Å²) in [5, 5.41) is 10.9. The van der Waals surface area contributed by atoms with E-state index < -0.39 is 47.7 Å². The summed E-state index contributed by atoms with van der Waals surface area (Å²) in [4.78, 5) is 9.41. The van der Waals surface area contributed by atoms with Crippen molar-refractivity contribution in [1.29, 1.82) is 0 Å². The van der Waals surface area contributed by atoms with E-state index in [4.69, 9.17) is 5.84 Å². The standard InChI is InChI=1S/C9H14N4O6S2/c1-20(16,17)5-4-11-21(18,19)9-6-7(12-10)2-3-8(9)13(14)15/h2-3,6,11-12H,4-5,10H2,1H3. The van der Waals surface area contributed by atoms with Crippen molar-refractivity contribution in [3.05, 3.63) is 28.3 Å². The van der Waals surface area contributed by atoms with Gasteiger partial charge in [0.2, 0.25) is 10.0 Å². The molecule has 21 heavy (non-hydrogen) atoms. The molecule has 0 unspecified atom stereocenters. The van der Waals surface area contributed by atoms with Crippen LogP contribution in [-0.2, 0) is 19.9 Å². The van der Waals surface area contributed by atoms with Gasteiger partial charge in [-0.3, -0.25) is 16.0 Å². The lowest BCUT2D eigenvalue weighted by Crippen LogP contribution is -2.29. The lowest BCUT2D eigenvalue weighted by Gasteiger charge is -2.08. The molecule has 0 amide bonds. The predicted octanol–water partition coefficient (Wildman–Crippen LogP) is -0.797. The minimum absolute atomic E-state index is 0.157. The van der Waals surface area contributed by atoms with Gasteiger partial charge in [0, 0.05) is 18.9 Å². The number of hydrogen-bond acceptors (Lipinski definition) is 8. The molecule has 1 rings (SSSR count). The molecule has 0 saturated heterocycles. The highest BCUT2D eigenvalue weighted by Gasteiger charge is 2.26. The van der Waals surface area contributed by atoms with E-state index in [-0.39, 0.29) is 5.69 Å². The van der Waals surface area contributed by atoms with E-state index >= 15 is 0 Å². The summed E-state index contributed by atoms with van der Waals surface area (Å²) in [6.07, 6.45) is 0.947. The highest BCUT2D eigenvalue weighted by atomic mass is 32.2. The minimum atomic E-state index is -4.24. The van der Waals surface area contributed by atoms with Crippen molar-refractivity contribution in [3.8, 4) is 0 Å². The fourth-order valence-corrected chi connectivity index (χ4v) is 3.24. The number of hydrazine groups is 1. The Kier molecular flexibility index (Phi) is 5.22. The average Bonchev–Trinajstić information content (AvgIpc) is 2.36. The molecule has 0 atom stereocenters. The summed E-state index contributed by atoms with van der Waals surface area (Å²) in [6.45, 7) is -0.390. The summed E-state index contributed by atoms with van der Waals surface area (Å²) < 4.78 is 48.0. The minimum Gasteiger partial charge on any atom is -0.324 e. The SMILES string of the molecule is CS(=O)(=O)CCNS(=O)(=O)c1cc(NN)ccc1[N+](=O)[O-]. The smallest absolute Gasteiger partial charge is 0.289 e. The van der Waals surface area contributed by atoms with Crippen molar-refractivity contribution in [2.45, 2.75) is 4.90 Å². The van der Waals surface area contributed by atoms with Crippen LogP contribution < -0.4 is 16.0 Å². The van der Waals surface area contributed by atoms with Crippen LogP contribution in [0.15, 0.2) is 23.1 Å². The molecule has 0 aliphatic carbocycles. The molecule has 0 aliphatic heterocycles. The first-order chi connectivity index (χ1) is 9.57. The molecule has 4 N–H and O–H groups in total. The number of nitrogens with zero attached hydrogens (tertiary/aromatic N) is 1. The van der Waals surface area contributed by atoms with Crippen LogP contribution in [0.1, 0.15) is 0 Å². The van der Waals surface area contributed by atoms with E-state index in [1.54, 1.807) is 0 Å². The number of sulfone groups is 1. The maximum absolute atomic E-state index is 12.0. The third kappa shape index (κ3) is 4.93. The normalized spacial score (nSPS) is 12.1. The molecule has 0 aliphatic rings. The Balaban J connectivity index is 3.14. The highest BCUT2D eigenvalue weighted by Crippen LogP contribution is 2.26. The van der Waals surface area contributed by atoms with Gasteiger partial charge < -0.3 is 5.43 Å². The van der Waals surface area contributed by atoms with Crippen molar-refractivity contribution >= 4 is 31.2 Å². The van der Waals surface area contributed by atoms with E-state index in [0.29, 0.717) is 0 Å². The van der Waals surface area contributed by atoms with Gasteiger partial charge in [0.1, 0.15) is 9.84 Å². The van der Waals surface area contributed by atoms with Crippen LogP contribution in [-0.4, -0.2) is 40.3 Å². The third-order valence-corrected chi connectivity index (χ3v) is 4.81. The first-order valence-electron chi connectivity index (χ1n) is 5.49. The molecule has 0 aromatic heterocycles. The fourth-order valence-electron chi connectivity index (χ4n) is 1.41. The van der Waals surface area contributed by atoms with Crippen LogP contribution >= 0.6 is 0 Å². The molecule has 10 nitrogen and oxygen atoms in total. The first-order valence-corrected chi connectivity index (χ1v) is 9.03. The Bertz CT molecular complexity index is 744. The number of rotatable bonds is 7. The van der Waals surface area contributed by atoms with E-state index in [9.17, 15) is 26.9 Å². The molecule has 0 heterocycles. The molecular formula is C9H14N4O6S2. The second-order valence-electron chi connectivity index (χ2n) is 4.11. The topological polar surface area (TPSA) is 162 Å². The van der Waals surface area contributed by atoms with Crippen molar-refractivity contribution < 1.29 is 21.8 Å². The van der Waals surface area contributed by atoms with E-state index in [0.717, 1.165) is 18.4 Å². The number of nitrogen functional groups attached to an aromatic ring is 1. The van der Waals surface area contributed by atoms with Gasteiger partial charge in [-0.2, -0.15) is 0 Å². The number of nitrogens with one attached hydrogen (secondary N) is 2. The second kappa shape index (κ2) is 6.34. The first kappa shape index (κ1) is 17.3. The van der Waals surface area contributed by atoms with E-state index in [2.05, 4.69) is 5.43 Å². The van der Waals surface area contributed by atoms with Gasteiger partial charge in [0.25, 0.3) is 5.69 Å². The molecule has 0 fully saturated rings. The maximum atomic E-state index is 12.0. The van der Waals surface area contributed by atoms with Crippen LogP contribution in [0.4, 0.5) is 11.4 Å². The Morgan fingerprint density at radius 2 is 1.90 bits per heavy atom. The summed E-state index contributed by atoms with van der Waals surface area (Å²) >= 11 is 0. The quantitative estimate of drug-likeness (QED) is 0.331. The van der Waals surface area contributed by atoms with Crippen LogP contribution in [0.5, 0.6) is 0 Å². The largest absolute Gasteiger partial charge is 0.324 e. The van der Waals surface area contributed by atoms with Gasteiger partial charge in [0.05, 0.1) is 16.4 Å². The van der Waals surface area contributed by atoms with Gasteiger partial charge in [-0.1, -0.05) is 0 Å². The summed E-state index contributed by atoms with van der Waals surface area (Å²) in [5.74, 6) is 4.71. The highest BCUT2D eigenvalue weighted by molar-refractivity contribution is 7.91. The zero-order valence-corrected chi connectivity index (χ0v) is 12.6. The van der Waals surface area contributed by atoms with Gasteiger partial charge in [-0.25, -0.2) is 21.6 Å². The average molecular weight is 338 g/mol. The van der Waals surface area contributed by atoms with Gasteiger partial charge in [-0.15, -0.1) is 0 Å². The van der Waals surface area contributed by atoms with Crippen molar-refractivity contribution in [2.24, 2.45) is 5.84 Å². The van der Waals surface area contributed by atoms with E-state index in [1.165, 1.54) is 6.07 Å². The molecule has 1 aromatic rings. The summed E-state index contributed by atoms with van der Waals surface area (Å²) in [7, 11) is -7.60. The van der Waals surface area contributed by atoms with Crippen LogP contribution in [0.3, 0.4) is 0 Å². The number of anilines is 1. The van der Waals surface area contributed by atoms with E-state index in [1.807, 2.05) is 4.72 Å². The molecule has 12 heteroatoms. The molecular weight excluding hydrogens is 324 g/mol. The van der Waals surface area contributed by atoms with Crippen molar-refractivity contribution in [3.63, 3.8) is 0 Å². The van der Waals surface area contributed by atoms with Crippen LogP contribution in [0.25, 0.3) is 0 Å². The zero-order chi connectivity index (χ0) is 16.3. The number of nitrogens with two attached hydrogens (primary N) is 1. The Morgan fingerprint density at radius 1 is 1.29 bits per heavy atom. The van der Waals surface area contributed by atoms with Gasteiger partial charge >= 0.3 is 0 Å². The van der Waals surface area contributed by atoms with Crippen molar-refractivity contribution in [2.75, 3.05) is 24.0 Å². The summed E-state index contributed by atoms with van der Waals surface area (Å²) in [5.41, 5.74) is 1.69. The van der Waals surface area contributed by atoms with Crippen molar-refractivity contribution in [1.82, 2.24) is 4.72 Å². The molecule has 118 valence electrons. The molecule has 0 spiro atoms. The summed E-state index contributed by atoms with van der Waals surface area (Å²) in [6, 6.07) is 3.22. The number of nitro groups is 1. The lowest BCUT2D eigenvalue weighted by molar-refractivity contribution is -0.387. The fraction of sp³-hybridized carbons (Fsp3) is 0.333. The second-order valence-corrected chi connectivity index (χ2v) is 8.11. The number of benzene rings is 1. The lowest BCUT2D eigenvalue weighted by atomic mass is 10.3. The maximum Gasteiger partial charge on any atom is 0.289 e. The Morgan fingerprint density at radius 3 is 2.38 bits per heavy atom. The number of sulfonamides is 1. The molecule has 1 aromatic carbocycles. The van der Waals surface area contributed by atoms with Gasteiger partial charge in [0.15, 0.2) is 4.90 Å². The molecule has 0 saturated carbocycles. The Labute approximate surface area is 121 Å².